The molecule has 0 aromatic heterocycles. The zero-order valence-corrected chi connectivity index (χ0v) is 18.6. The Bertz CT molecular complexity index is 885. The molecule has 174 valence electrons. The summed E-state index contributed by atoms with van der Waals surface area (Å²) in [7, 11) is 1.56. The van der Waals surface area contributed by atoms with Crippen molar-refractivity contribution in [3.05, 3.63) is 24.3 Å². The second-order valence-corrected chi connectivity index (χ2v) is 8.52. The molecule has 2 N–H and O–H groups in total. The van der Waals surface area contributed by atoms with Gasteiger partial charge in [-0.15, -0.1) is 0 Å². The van der Waals surface area contributed by atoms with Gasteiger partial charge in [0.25, 0.3) is 0 Å². The van der Waals surface area contributed by atoms with Crippen molar-refractivity contribution < 1.29 is 33.7 Å². The van der Waals surface area contributed by atoms with E-state index in [1.54, 1.807) is 38.3 Å². The van der Waals surface area contributed by atoms with Crippen LogP contribution in [-0.2, 0) is 23.9 Å². The average Bonchev–Trinajstić information content (AvgIpc) is 3.43. The van der Waals surface area contributed by atoms with Crippen LogP contribution >= 0.6 is 0 Å². The minimum absolute atomic E-state index is 0.204. The number of nitrogens with one attached hydrogen (secondary N) is 1. The molecule has 2 amide bonds. The molecule has 9 nitrogen and oxygen atoms in total. The summed E-state index contributed by atoms with van der Waals surface area (Å²) in [4.78, 5) is 41.4. The molecule has 2 bridgehead atoms. The Morgan fingerprint density at radius 1 is 1.31 bits per heavy atom. The number of carbonyl (C=O) groups excluding carboxylic acids is 3. The van der Waals surface area contributed by atoms with E-state index in [4.69, 9.17) is 14.2 Å². The molecule has 0 aliphatic carbocycles. The summed E-state index contributed by atoms with van der Waals surface area (Å²) in [6, 6.07) is 5.37. The molecule has 1 spiro atoms. The largest absolute Gasteiger partial charge is 0.497 e. The fourth-order valence-corrected chi connectivity index (χ4v) is 5.59. The monoisotopic (exact) mass is 446 g/mol. The average molecular weight is 447 g/mol. The molecule has 9 heteroatoms. The molecule has 0 saturated carbocycles. The minimum atomic E-state index is -1.11. The number of methoxy groups -OCH3 is 1. The Kier molecular flexibility index (Phi) is 6.13. The predicted octanol–water partition coefficient (Wildman–Crippen LogP) is 1.34. The topological polar surface area (TPSA) is 114 Å². The number of likely N-dealkylation sites (tertiary alicyclic amines) is 1. The number of aliphatic hydroxyl groups excluding tert-OH is 1. The number of ether oxygens (including phenoxy) is 3. The predicted molar refractivity (Wildman–Crippen MR) is 114 cm³/mol. The summed E-state index contributed by atoms with van der Waals surface area (Å²) in [5.41, 5.74) is -0.562. The molecule has 3 saturated heterocycles. The first-order valence-electron chi connectivity index (χ1n) is 11.1. The maximum Gasteiger partial charge on any atom is 0.312 e. The number of hydrogen-bond donors (Lipinski definition) is 2. The smallest absolute Gasteiger partial charge is 0.312 e. The van der Waals surface area contributed by atoms with Gasteiger partial charge in [0.1, 0.15) is 17.4 Å². The second-order valence-electron chi connectivity index (χ2n) is 8.52. The lowest BCUT2D eigenvalue weighted by atomic mass is 9.70. The first-order chi connectivity index (χ1) is 15.4. The number of fused-ring (bicyclic) bond motifs is 1. The van der Waals surface area contributed by atoms with E-state index in [9.17, 15) is 19.5 Å². The van der Waals surface area contributed by atoms with Gasteiger partial charge in [0.15, 0.2) is 0 Å². The number of amides is 2. The van der Waals surface area contributed by atoms with Crippen molar-refractivity contribution in [3.63, 3.8) is 0 Å². The lowest BCUT2D eigenvalue weighted by Gasteiger charge is -2.36. The highest BCUT2D eigenvalue weighted by atomic mass is 16.6. The molecule has 3 heterocycles. The Balaban J connectivity index is 1.70. The van der Waals surface area contributed by atoms with Gasteiger partial charge in [-0.1, -0.05) is 6.92 Å². The quantitative estimate of drug-likeness (QED) is 0.579. The van der Waals surface area contributed by atoms with Crippen molar-refractivity contribution >= 4 is 23.5 Å². The zero-order valence-electron chi connectivity index (χ0n) is 18.6. The highest BCUT2D eigenvalue weighted by Crippen LogP contribution is 2.59. The van der Waals surface area contributed by atoms with Gasteiger partial charge in [-0.25, -0.2) is 0 Å². The van der Waals surface area contributed by atoms with Crippen LogP contribution in [0.4, 0.5) is 5.69 Å². The molecule has 3 aliphatic rings. The van der Waals surface area contributed by atoms with Crippen molar-refractivity contribution in [1.29, 1.82) is 0 Å². The maximum absolute atomic E-state index is 13.6. The normalized spacial score (nSPS) is 31.4. The second kappa shape index (κ2) is 8.71. The molecule has 0 radical (unpaired) electrons. The molecular weight excluding hydrogens is 416 g/mol. The summed E-state index contributed by atoms with van der Waals surface area (Å²) in [5.74, 6) is -2.09. The molecule has 32 heavy (non-hydrogen) atoms. The van der Waals surface area contributed by atoms with E-state index in [0.29, 0.717) is 30.7 Å². The number of rotatable bonds is 8. The van der Waals surface area contributed by atoms with Crippen molar-refractivity contribution in [3.8, 4) is 5.75 Å². The van der Waals surface area contributed by atoms with Crippen molar-refractivity contribution in [1.82, 2.24) is 4.90 Å². The SMILES string of the molecule is CCOC(=O)[C@@H]1[C@H]2C(=O)N([C@@H](CC)CO)C(C(=O)Nc3ccc(OC)cc3)C23CC[C@H]1O3. The van der Waals surface area contributed by atoms with Gasteiger partial charge in [0, 0.05) is 5.69 Å². The van der Waals surface area contributed by atoms with E-state index in [-0.39, 0.29) is 19.1 Å². The highest BCUT2D eigenvalue weighted by molar-refractivity contribution is 6.03. The fourth-order valence-electron chi connectivity index (χ4n) is 5.59. The summed E-state index contributed by atoms with van der Waals surface area (Å²) in [6.07, 6.45) is 1.08. The van der Waals surface area contributed by atoms with E-state index in [1.165, 1.54) is 4.90 Å². The molecule has 3 aliphatic heterocycles. The van der Waals surface area contributed by atoms with Crippen LogP contribution in [0.5, 0.6) is 5.75 Å². The lowest BCUT2D eigenvalue weighted by molar-refractivity contribution is -0.155. The standard InChI is InChI=1S/C23H30N2O7/c1-4-14(12-26)25-19(20(27)24-13-6-8-15(30-3)9-7-13)23-11-10-16(32-23)17(18(23)21(25)28)22(29)31-5-2/h6-9,14,16-19,26H,4-5,10-12H2,1-3H3,(H,24,27)/t14-,16+,17-,18-,19?,23?/m0/s1. The molecule has 3 fully saturated rings. The molecule has 4 rings (SSSR count). The summed E-state index contributed by atoms with van der Waals surface area (Å²) in [5, 5.41) is 12.9. The van der Waals surface area contributed by atoms with Crippen molar-refractivity contribution in [2.45, 2.75) is 56.9 Å². The first-order valence-corrected chi connectivity index (χ1v) is 11.1. The van der Waals surface area contributed by atoms with Crippen LogP contribution in [-0.4, -0.2) is 71.9 Å². The molecule has 2 unspecified atom stereocenters. The van der Waals surface area contributed by atoms with Crippen LogP contribution in [0.1, 0.15) is 33.1 Å². The Morgan fingerprint density at radius 2 is 2.03 bits per heavy atom. The number of carbonyl (C=O) groups is 3. The molecule has 6 atom stereocenters. The van der Waals surface area contributed by atoms with Crippen LogP contribution in [0.3, 0.4) is 0 Å². The third-order valence-corrected chi connectivity index (χ3v) is 6.98. The van der Waals surface area contributed by atoms with Crippen LogP contribution in [0.2, 0.25) is 0 Å². The number of hydrogen-bond acceptors (Lipinski definition) is 7. The Hall–Kier alpha value is -2.65. The Labute approximate surface area is 187 Å². The number of anilines is 1. The van der Waals surface area contributed by atoms with E-state index in [1.807, 2.05) is 6.92 Å². The van der Waals surface area contributed by atoms with Gasteiger partial charge in [0.05, 0.1) is 44.3 Å². The fraction of sp³-hybridized carbons (Fsp3) is 0.609. The van der Waals surface area contributed by atoms with E-state index >= 15 is 0 Å². The molecule has 1 aromatic rings. The van der Waals surface area contributed by atoms with Gasteiger partial charge in [-0.05, 0) is 50.5 Å². The van der Waals surface area contributed by atoms with E-state index in [0.717, 1.165) is 0 Å². The molecule has 1 aromatic carbocycles. The number of aliphatic hydroxyl groups is 1. The number of benzene rings is 1. The van der Waals surface area contributed by atoms with Gasteiger partial charge in [-0.3, -0.25) is 14.4 Å². The number of nitrogens with zero attached hydrogens (tertiary/aromatic N) is 1. The molecular formula is C23H30N2O7. The van der Waals surface area contributed by atoms with Crippen LogP contribution in [0.15, 0.2) is 24.3 Å². The van der Waals surface area contributed by atoms with Gasteiger partial charge < -0.3 is 29.5 Å². The van der Waals surface area contributed by atoms with Crippen molar-refractivity contribution in [2.24, 2.45) is 11.8 Å². The maximum atomic E-state index is 13.6. The third-order valence-electron chi connectivity index (χ3n) is 6.98. The van der Waals surface area contributed by atoms with E-state index in [2.05, 4.69) is 5.32 Å². The third kappa shape index (κ3) is 3.34. The summed E-state index contributed by atoms with van der Waals surface area (Å²) in [6.45, 7) is 3.48. The van der Waals surface area contributed by atoms with Crippen LogP contribution in [0.25, 0.3) is 0 Å². The Morgan fingerprint density at radius 3 is 2.62 bits per heavy atom. The van der Waals surface area contributed by atoms with Gasteiger partial charge in [0.2, 0.25) is 11.8 Å². The van der Waals surface area contributed by atoms with Gasteiger partial charge >= 0.3 is 5.97 Å². The van der Waals surface area contributed by atoms with Crippen LogP contribution in [0, 0.1) is 11.8 Å². The highest BCUT2D eigenvalue weighted by Gasteiger charge is 2.75. The zero-order chi connectivity index (χ0) is 23.0. The van der Waals surface area contributed by atoms with Crippen LogP contribution < -0.4 is 10.1 Å². The summed E-state index contributed by atoms with van der Waals surface area (Å²) >= 11 is 0. The summed E-state index contributed by atoms with van der Waals surface area (Å²) < 4.78 is 16.7. The lowest BCUT2D eigenvalue weighted by Crippen LogP contribution is -2.56. The number of esters is 1. The minimum Gasteiger partial charge on any atom is -0.497 e. The van der Waals surface area contributed by atoms with E-state index < -0.39 is 47.5 Å². The first kappa shape index (κ1) is 22.5. The van der Waals surface area contributed by atoms with Gasteiger partial charge in [-0.2, -0.15) is 0 Å². The van der Waals surface area contributed by atoms with Crippen molar-refractivity contribution in [2.75, 3.05) is 25.6 Å².